The molecule has 214 valence electrons. The van der Waals surface area contributed by atoms with Crippen LogP contribution in [0, 0.1) is 24.2 Å². The van der Waals surface area contributed by atoms with Crippen LogP contribution < -0.4 is 10.6 Å². The lowest BCUT2D eigenvalue weighted by Gasteiger charge is -2.29. The third kappa shape index (κ3) is 9.80. The number of nitrogens with one attached hydrogen (secondary N) is 2. The van der Waals surface area contributed by atoms with Crippen molar-refractivity contribution in [3.63, 3.8) is 0 Å². The minimum absolute atomic E-state index is 0.00494. The van der Waals surface area contributed by atoms with Gasteiger partial charge in [0.15, 0.2) is 6.10 Å². The van der Waals surface area contributed by atoms with E-state index in [9.17, 15) is 24.0 Å². The number of amides is 2. The number of hydrogen-bond donors (Lipinski definition) is 2. The van der Waals surface area contributed by atoms with Crippen LogP contribution in [0.2, 0.25) is 5.02 Å². The molecule has 1 aromatic carbocycles. The van der Waals surface area contributed by atoms with Gasteiger partial charge < -0.3 is 24.9 Å². The monoisotopic (exact) mass is 562 g/mol. The van der Waals surface area contributed by atoms with Gasteiger partial charge in [-0.3, -0.25) is 14.4 Å². The molecule has 1 aliphatic heterocycles. The molecule has 0 saturated heterocycles. The van der Waals surface area contributed by atoms with Crippen LogP contribution in [0.5, 0.6) is 0 Å². The summed E-state index contributed by atoms with van der Waals surface area (Å²) in [7, 11) is 0. The maximum absolute atomic E-state index is 13.2. The summed E-state index contributed by atoms with van der Waals surface area (Å²) >= 11 is 6.25. The number of cyclic esters (lactones) is 2. The number of carbonyl (C=O) groups excluding carboxylic acids is 5. The summed E-state index contributed by atoms with van der Waals surface area (Å²) in [5.41, 5.74) is 0.427. The molecule has 0 fully saturated rings. The Morgan fingerprint density at radius 2 is 1.82 bits per heavy atom. The normalized spacial score (nSPS) is 24.7. The van der Waals surface area contributed by atoms with Crippen LogP contribution in [-0.2, 0) is 39.9 Å². The van der Waals surface area contributed by atoms with E-state index in [0.29, 0.717) is 11.3 Å². The first-order chi connectivity index (χ1) is 18.2. The predicted octanol–water partition coefficient (Wildman–Crippen LogP) is 3.48. The minimum Gasteiger partial charge on any atom is -0.459 e. The third-order valence-corrected chi connectivity index (χ3v) is 6.88. The topological polar surface area (TPSA) is 128 Å². The highest BCUT2D eigenvalue weighted by Crippen LogP contribution is 2.23. The average Bonchev–Trinajstić information content (AvgIpc) is 2.86. The van der Waals surface area contributed by atoms with Gasteiger partial charge in [-0.05, 0) is 56.4 Å². The molecule has 1 aromatic rings. The van der Waals surface area contributed by atoms with Gasteiger partial charge in [0.05, 0.1) is 5.41 Å². The highest BCUT2D eigenvalue weighted by atomic mass is 35.5. The van der Waals surface area contributed by atoms with Crippen molar-refractivity contribution in [2.75, 3.05) is 6.54 Å². The molecule has 0 aromatic heterocycles. The number of esters is 2. The minimum atomic E-state index is -1.20. The lowest BCUT2D eigenvalue weighted by Crippen LogP contribution is -2.51. The summed E-state index contributed by atoms with van der Waals surface area (Å²) < 4.78 is 11.2. The first-order valence-corrected chi connectivity index (χ1v) is 13.5. The van der Waals surface area contributed by atoms with Gasteiger partial charge in [0.25, 0.3) is 0 Å². The molecule has 0 saturated carbocycles. The largest absolute Gasteiger partial charge is 0.459 e. The van der Waals surface area contributed by atoms with Crippen LogP contribution in [-0.4, -0.2) is 54.8 Å². The van der Waals surface area contributed by atoms with E-state index in [2.05, 4.69) is 10.6 Å². The fourth-order valence-corrected chi connectivity index (χ4v) is 4.04. The number of rotatable bonds is 6. The van der Waals surface area contributed by atoms with Gasteiger partial charge in [-0.2, -0.15) is 0 Å². The van der Waals surface area contributed by atoms with Crippen LogP contribution in [0.3, 0.4) is 0 Å². The van der Waals surface area contributed by atoms with Crippen molar-refractivity contribution in [3.8, 4) is 0 Å². The summed E-state index contributed by atoms with van der Waals surface area (Å²) in [6.45, 7) is 10.3. The quantitative estimate of drug-likeness (QED) is 0.401. The second-order valence-electron chi connectivity index (χ2n) is 11.1. The second-order valence-corrected chi connectivity index (χ2v) is 11.5. The van der Waals surface area contributed by atoms with Gasteiger partial charge >= 0.3 is 11.9 Å². The Kier molecular flexibility index (Phi) is 11.7. The van der Waals surface area contributed by atoms with Gasteiger partial charge in [0.2, 0.25) is 11.8 Å². The number of halogens is 1. The maximum Gasteiger partial charge on any atom is 0.347 e. The zero-order valence-electron chi connectivity index (χ0n) is 23.4. The Hall–Kier alpha value is -3.20. The van der Waals surface area contributed by atoms with Crippen LogP contribution in [0.25, 0.3) is 0 Å². The summed E-state index contributed by atoms with van der Waals surface area (Å²) in [5.74, 6) is -3.16. The first kappa shape index (κ1) is 32.0. The van der Waals surface area contributed by atoms with Crippen molar-refractivity contribution in [2.24, 2.45) is 17.3 Å². The number of hydrogen-bond acceptors (Lipinski definition) is 7. The highest BCUT2D eigenvalue weighted by Gasteiger charge is 2.37. The van der Waals surface area contributed by atoms with Crippen LogP contribution in [0.1, 0.15) is 58.6 Å². The van der Waals surface area contributed by atoms with Gasteiger partial charge in [-0.1, -0.05) is 50.6 Å². The van der Waals surface area contributed by atoms with Gasteiger partial charge in [0, 0.05) is 30.3 Å². The van der Waals surface area contributed by atoms with Gasteiger partial charge in [-0.25, -0.2) is 4.79 Å². The van der Waals surface area contributed by atoms with E-state index in [0.717, 1.165) is 11.1 Å². The number of benzene rings is 1. The molecule has 0 spiro atoms. The lowest BCUT2D eigenvalue weighted by atomic mass is 9.93. The molecule has 10 heteroatoms. The average molecular weight is 563 g/mol. The Morgan fingerprint density at radius 3 is 2.44 bits per heavy atom. The molecule has 1 aliphatic rings. The molecular formula is C29H39ClN2O7. The molecule has 2 N–H and O–H groups in total. The fraction of sp³-hybridized carbons (Fsp3) is 0.552. The number of ether oxygens (including phenoxy) is 2. The van der Waals surface area contributed by atoms with Crippen molar-refractivity contribution in [2.45, 2.75) is 79.1 Å². The molecule has 9 nitrogen and oxygen atoms in total. The molecule has 0 radical (unpaired) electrons. The zero-order chi connectivity index (χ0) is 29.3. The van der Waals surface area contributed by atoms with Crippen molar-refractivity contribution in [3.05, 3.63) is 46.5 Å². The first-order valence-electron chi connectivity index (χ1n) is 13.1. The molecule has 39 heavy (non-hydrogen) atoms. The van der Waals surface area contributed by atoms with Crippen LogP contribution >= 0.6 is 11.6 Å². The molecule has 1 unspecified atom stereocenters. The summed E-state index contributed by atoms with van der Waals surface area (Å²) in [5, 5.41) is 5.96. The smallest absolute Gasteiger partial charge is 0.347 e. The Morgan fingerprint density at radius 1 is 1.13 bits per heavy atom. The molecule has 0 bridgehead atoms. The second kappa shape index (κ2) is 14.3. The predicted molar refractivity (Wildman–Crippen MR) is 147 cm³/mol. The molecule has 2 amide bonds. The molecular weight excluding hydrogens is 524 g/mol. The van der Waals surface area contributed by atoms with E-state index in [1.54, 1.807) is 26.8 Å². The van der Waals surface area contributed by atoms with Crippen molar-refractivity contribution < 1.29 is 33.4 Å². The van der Waals surface area contributed by atoms with E-state index >= 15 is 0 Å². The Labute approximate surface area is 235 Å². The summed E-state index contributed by atoms with van der Waals surface area (Å²) in [6, 6.07) is 4.43. The Balaban J connectivity index is 2.40. The third-order valence-electron chi connectivity index (χ3n) is 6.47. The Bertz CT molecular complexity index is 1100. The molecule has 0 aliphatic carbocycles. The van der Waals surface area contributed by atoms with Crippen molar-refractivity contribution in [1.82, 2.24) is 10.6 Å². The number of carbonyl (C=O) groups is 5. The van der Waals surface area contributed by atoms with Gasteiger partial charge in [-0.15, -0.1) is 0 Å². The summed E-state index contributed by atoms with van der Waals surface area (Å²) in [4.78, 5) is 63.6. The zero-order valence-corrected chi connectivity index (χ0v) is 24.2. The SMILES string of the molecule is Cc1ccc(CC2NC(=O)/C=C/C[C@@H]([C@H](C)C=O)OC(=O)[C@H](CC(C)C)OC(=O)C(C)(C)CNC2=O)cc1Cl. The number of aryl methyl sites for hydroxylation is 1. The van der Waals surface area contributed by atoms with Crippen LogP contribution in [0.4, 0.5) is 0 Å². The number of aldehydes is 1. The van der Waals surface area contributed by atoms with E-state index in [-0.39, 0.29) is 31.7 Å². The van der Waals surface area contributed by atoms with E-state index in [1.165, 1.54) is 12.2 Å². The van der Waals surface area contributed by atoms with E-state index in [4.69, 9.17) is 21.1 Å². The van der Waals surface area contributed by atoms with Crippen molar-refractivity contribution in [1.29, 1.82) is 0 Å². The van der Waals surface area contributed by atoms with E-state index < -0.39 is 53.3 Å². The standard InChI is InChI=1S/C29H39ClN2O7/c1-17(2)12-24-27(36)38-23(19(4)15-33)8-7-9-25(34)32-22(14-20-11-10-18(3)21(30)13-20)26(35)31-16-29(5,6)28(37)39-24/h7,9-11,13,15,17,19,22-24H,8,12,14,16H2,1-6H3,(H,31,35)(H,32,34)/b9-7+/t19-,22?,23+,24+/m1/s1. The fourth-order valence-electron chi connectivity index (χ4n) is 3.83. The maximum atomic E-state index is 13.2. The molecule has 2 rings (SSSR count). The highest BCUT2D eigenvalue weighted by molar-refractivity contribution is 6.31. The lowest BCUT2D eigenvalue weighted by molar-refractivity contribution is -0.179. The van der Waals surface area contributed by atoms with E-state index in [1.807, 2.05) is 32.9 Å². The van der Waals surface area contributed by atoms with Crippen LogP contribution in [0.15, 0.2) is 30.4 Å². The molecule has 1 heterocycles. The van der Waals surface area contributed by atoms with Crippen molar-refractivity contribution >= 4 is 41.6 Å². The molecule has 4 atom stereocenters. The van der Waals surface area contributed by atoms with Gasteiger partial charge in [0.1, 0.15) is 18.4 Å². The summed E-state index contributed by atoms with van der Waals surface area (Å²) in [6.07, 6.45) is 1.76.